The van der Waals surface area contributed by atoms with E-state index in [1.807, 2.05) is 0 Å². The molecule has 64 valence electrons. The molecule has 0 aromatic heterocycles. The highest BCUT2D eigenvalue weighted by molar-refractivity contribution is 6.11. The lowest BCUT2D eigenvalue weighted by Crippen LogP contribution is -2.59. The van der Waals surface area contributed by atoms with E-state index in [-0.39, 0.29) is 6.61 Å². The third-order valence-corrected chi connectivity index (χ3v) is 1.71. The Bertz CT molecular complexity index is 136. The summed E-state index contributed by atoms with van der Waals surface area (Å²) >= 11 is 0. The number of ether oxygens (including phenoxy) is 1. The van der Waals surface area contributed by atoms with Crippen molar-refractivity contribution in [1.82, 2.24) is 5.32 Å². The Morgan fingerprint density at radius 1 is 1.36 bits per heavy atom. The topological polar surface area (TPSA) is 82.0 Å². The molecule has 0 saturated carbocycles. The van der Waals surface area contributed by atoms with Gasteiger partial charge in [-0.2, -0.15) is 0 Å². The number of nitrogens with one attached hydrogen (secondary N) is 1. The van der Waals surface area contributed by atoms with E-state index >= 15 is 0 Å². The molecule has 0 aromatic carbocycles. The summed E-state index contributed by atoms with van der Waals surface area (Å²) in [7, 11) is 1.66. The van der Waals surface area contributed by atoms with Crippen LogP contribution in [0.15, 0.2) is 0 Å². The summed E-state index contributed by atoms with van der Waals surface area (Å²) < 4.78 is 5.05. The molecule has 0 bridgehead atoms. The highest BCUT2D eigenvalue weighted by atomic mass is 16.5. The second kappa shape index (κ2) is 3.51. The zero-order valence-electron chi connectivity index (χ0n) is 6.27. The first-order chi connectivity index (χ1) is 5.15. The molecule has 1 fully saturated rings. The molecule has 1 aliphatic heterocycles. The van der Waals surface area contributed by atoms with Gasteiger partial charge in [0.2, 0.25) is 0 Å². The van der Waals surface area contributed by atoms with Gasteiger partial charge in [-0.25, -0.2) is 0 Å². The summed E-state index contributed by atoms with van der Waals surface area (Å²) in [6.45, 7) is -0.259. The van der Waals surface area contributed by atoms with Gasteiger partial charge in [0.05, 0.1) is 12.6 Å². The summed E-state index contributed by atoms with van der Waals surface area (Å²) in [5, 5.41) is 29.3. The van der Waals surface area contributed by atoms with Crippen LogP contribution in [0.3, 0.4) is 0 Å². The minimum Gasteiger partial charge on any atom is -0.394 e. The first kappa shape index (κ1) is 8.96. The maximum Gasteiger partial charge on any atom is 0.144 e. The molecule has 5 nitrogen and oxygen atoms in total. The molecule has 0 aromatic rings. The average molecular weight is 161 g/mol. The number of hydrogen-bond donors (Lipinski definition) is 4. The van der Waals surface area contributed by atoms with Crippen molar-refractivity contribution in [3.05, 3.63) is 0 Å². The zero-order valence-corrected chi connectivity index (χ0v) is 6.27. The van der Waals surface area contributed by atoms with Gasteiger partial charge in [0.25, 0.3) is 0 Å². The van der Waals surface area contributed by atoms with Crippen LogP contribution in [0.2, 0.25) is 0 Å². The normalized spacial score (nSPS) is 45.7. The van der Waals surface area contributed by atoms with Gasteiger partial charge in [-0.1, -0.05) is 0 Å². The fourth-order valence-corrected chi connectivity index (χ4v) is 0.985. The summed E-state index contributed by atoms with van der Waals surface area (Å²) in [5.74, 6) is 0. The molecule has 3 unspecified atom stereocenters. The molecule has 0 aliphatic carbocycles. The number of rotatable bonds is 1. The van der Waals surface area contributed by atoms with Crippen molar-refractivity contribution in [2.45, 2.75) is 24.6 Å². The average Bonchev–Trinajstić information content (AvgIpc) is 1.97. The van der Waals surface area contributed by atoms with Gasteiger partial charge >= 0.3 is 0 Å². The Labute approximate surface area is 65.4 Å². The molecule has 6 heteroatoms. The summed E-state index contributed by atoms with van der Waals surface area (Å²) in [6.07, 6.45) is -2.51. The number of hydrogen-bond acceptors (Lipinski definition) is 5. The third kappa shape index (κ3) is 1.91. The Morgan fingerprint density at radius 3 is 2.55 bits per heavy atom. The van der Waals surface area contributed by atoms with Crippen LogP contribution in [-0.2, 0) is 4.74 Å². The van der Waals surface area contributed by atoms with Crippen molar-refractivity contribution in [3.63, 3.8) is 0 Å². The molecule has 4 atom stereocenters. The predicted octanol–water partition coefficient (Wildman–Crippen LogP) is -3.44. The molecule has 0 amide bonds. The van der Waals surface area contributed by atoms with Crippen LogP contribution in [0.1, 0.15) is 0 Å². The van der Waals surface area contributed by atoms with Gasteiger partial charge in [-0.15, -0.1) is 0 Å². The van der Waals surface area contributed by atoms with Crippen molar-refractivity contribution in [1.29, 1.82) is 0 Å². The van der Waals surface area contributed by atoms with Gasteiger partial charge in [-0.3, -0.25) is 5.32 Å². The van der Waals surface area contributed by atoms with Gasteiger partial charge in [0.1, 0.15) is 26.4 Å². The van der Waals surface area contributed by atoms with Crippen LogP contribution in [-0.4, -0.2) is 54.3 Å². The summed E-state index contributed by atoms with van der Waals surface area (Å²) in [5.41, 5.74) is 0. The molecule has 1 saturated heterocycles. The first-order valence-corrected chi connectivity index (χ1v) is 3.53. The lowest BCUT2D eigenvalue weighted by molar-refractivity contribution is -0.172. The van der Waals surface area contributed by atoms with Gasteiger partial charge in [0.15, 0.2) is 0 Å². The summed E-state index contributed by atoms with van der Waals surface area (Å²) in [4.78, 5) is 0. The lowest BCUT2D eigenvalue weighted by atomic mass is 9.96. The monoisotopic (exact) mass is 161 g/mol. The van der Waals surface area contributed by atoms with E-state index in [4.69, 9.17) is 20.1 Å². The second-order valence-corrected chi connectivity index (χ2v) is 2.62. The molecular formula is C5H12BNO4. The number of morpholine rings is 1. The SMILES string of the molecule is BC1O[C@H](CO)C(O)NC1O. The molecule has 0 radical (unpaired) electrons. The fourth-order valence-electron chi connectivity index (χ4n) is 0.985. The van der Waals surface area contributed by atoms with Gasteiger partial charge in [0, 0.05) is 0 Å². The molecule has 1 rings (SSSR count). The highest BCUT2D eigenvalue weighted by Gasteiger charge is 2.32. The van der Waals surface area contributed by atoms with Crippen molar-refractivity contribution < 1.29 is 20.1 Å². The lowest BCUT2D eigenvalue weighted by Gasteiger charge is -2.35. The number of aliphatic hydroxyl groups excluding tert-OH is 3. The van der Waals surface area contributed by atoms with E-state index < -0.39 is 24.6 Å². The first-order valence-electron chi connectivity index (χ1n) is 3.53. The predicted molar refractivity (Wildman–Crippen MR) is 39.4 cm³/mol. The smallest absolute Gasteiger partial charge is 0.144 e. The molecule has 1 heterocycles. The van der Waals surface area contributed by atoms with Crippen LogP contribution in [0.4, 0.5) is 0 Å². The van der Waals surface area contributed by atoms with Crippen LogP contribution in [0.5, 0.6) is 0 Å². The summed E-state index contributed by atoms with van der Waals surface area (Å²) in [6, 6.07) is -0.407. The minimum atomic E-state index is -0.994. The zero-order chi connectivity index (χ0) is 8.43. The van der Waals surface area contributed by atoms with Gasteiger partial charge in [-0.05, 0) is 0 Å². The molecule has 0 spiro atoms. The Kier molecular flexibility index (Phi) is 2.86. The van der Waals surface area contributed by atoms with Gasteiger partial charge < -0.3 is 20.1 Å². The Balaban J connectivity index is 2.48. The van der Waals surface area contributed by atoms with E-state index in [1.54, 1.807) is 7.85 Å². The van der Waals surface area contributed by atoms with Crippen LogP contribution in [0.25, 0.3) is 0 Å². The van der Waals surface area contributed by atoms with Crippen molar-refractivity contribution in [3.8, 4) is 0 Å². The fraction of sp³-hybridized carbons (Fsp3) is 1.00. The van der Waals surface area contributed by atoms with Crippen molar-refractivity contribution in [2.24, 2.45) is 0 Å². The van der Waals surface area contributed by atoms with Crippen LogP contribution in [0, 0.1) is 0 Å². The third-order valence-electron chi connectivity index (χ3n) is 1.71. The van der Waals surface area contributed by atoms with Crippen LogP contribution < -0.4 is 5.32 Å². The second-order valence-electron chi connectivity index (χ2n) is 2.62. The molecule has 11 heavy (non-hydrogen) atoms. The van der Waals surface area contributed by atoms with E-state index in [1.165, 1.54) is 0 Å². The maximum absolute atomic E-state index is 9.10. The van der Waals surface area contributed by atoms with E-state index in [9.17, 15) is 0 Å². The van der Waals surface area contributed by atoms with Crippen molar-refractivity contribution >= 4 is 7.85 Å². The molecule has 4 N–H and O–H groups in total. The van der Waals surface area contributed by atoms with Crippen molar-refractivity contribution in [2.75, 3.05) is 6.61 Å². The van der Waals surface area contributed by atoms with E-state index in [2.05, 4.69) is 5.32 Å². The maximum atomic E-state index is 9.10. The van der Waals surface area contributed by atoms with E-state index in [0.29, 0.717) is 0 Å². The Hall–Kier alpha value is -0.135. The largest absolute Gasteiger partial charge is 0.394 e. The highest BCUT2D eigenvalue weighted by Crippen LogP contribution is 2.08. The number of aliphatic hydroxyl groups is 3. The standard InChI is InChI=1S/C5H12BNO4/c6-3-5(10)7-4(9)2(1-8)11-3/h2-5,7-10H,1,6H2/t2-,3?,4?,5?/m1/s1. The minimum absolute atomic E-state index is 0.259. The van der Waals surface area contributed by atoms with Crippen LogP contribution >= 0.6 is 0 Å². The molecular weight excluding hydrogens is 149 g/mol. The van der Waals surface area contributed by atoms with E-state index in [0.717, 1.165) is 0 Å². The molecule has 1 aliphatic rings. The quantitative estimate of drug-likeness (QED) is 0.301. The Morgan fingerprint density at radius 2 is 2.00 bits per heavy atom.